The molecule has 2 aromatic heterocycles. The van der Waals surface area contributed by atoms with Crippen LogP contribution in [-0.2, 0) is 11.3 Å². The van der Waals surface area contributed by atoms with Gasteiger partial charge in [-0.05, 0) is 37.0 Å². The largest absolute Gasteiger partial charge is 0.352 e. The molecule has 20 heavy (non-hydrogen) atoms. The highest BCUT2D eigenvalue weighted by atomic mass is 16.2. The second kappa shape index (κ2) is 5.07. The Morgan fingerprint density at radius 1 is 1.45 bits per heavy atom. The number of rotatable bonds is 4. The van der Waals surface area contributed by atoms with Crippen molar-refractivity contribution in [3.63, 3.8) is 0 Å². The van der Waals surface area contributed by atoms with E-state index in [2.05, 4.69) is 22.2 Å². The van der Waals surface area contributed by atoms with Crippen LogP contribution in [0.2, 0.25) is 0 Å². The first-order valence-electron chi connectivity index (χ1n) is 6.88. The first-order chi connectivity index (χ1) is 9.65. The molecule has 0 bridgehead atoms. The number of nitrogens with one attached hydrogen (secondary N) is 1. The van der Waals surface area contributed by atoms with Gasteiger partial charge < -0.3 is 5.32 Å². The van der Waals surface area contributed by atoms with Gasteiger partial charge in [-0.3, -0.25) is 9.36 Å². The fourth-order valence-electron chi connectivity index (χ4n) is 2.33. The van der Waals surface area contributed by atoms with Crippen LogP contribution in [0.3, 0.4) is 0 Å². The van der Waals surface area contributed by atoms with Gasteiger partial charge in [0.15, 0.2) is 0 Å². The predicted octanol–water partition coefficient (Wildman–Crippen LogP) is 1.85. The van der Waals surface area contributed by atoms with Gasteiger partial charge in [-0.25, -0.2) is 9.97 Å². The molecule has 1 saturated carbocycles. The molecule has 1 aliphatic rings. The lowest BCUT2D eigenvalue weighted by Gasteiger charge is -2.08. The molecule has 2 atom stereocenters. The maximum Gasteiger partial charge on any atom is 0.223 e. The number of carbonyl (C=O) groups excluding carboxylic acids is 1. The summed E-state index contributed by atoms with van der Waals surface area (Å²) in [6.07, 6.45) is 6.41. The summed E-state index contributed by atoms with van der Waals surface area (Å²) < 4.78 is 1.92. The molecular weight excluding hydrogens is 252 g/mol. The van der Waals surface area contributed by atoms with Crippen molar-refractivity contribution in [1.82, 2.24) is 19.9 Å². The zero-order chi connectivity index (χ0) is 14.1. The molecule has 0 spiro atoms. The minimum Gasteiger partial charge on any atom is -0.352 e. The number of amides is 1. The monoisotopic (exact) mass is 270 g/mol. The van der Waals surface area contributed by atoms with Crippen molar-refractivity contribution >= 4 is 5.91 Å². The Bertz CT molecular complexity index is 634. The lowest BCUT2D eigenvalue weighted by Crippen LogP contribution is -2.24. The Balaban J connectivity index is 1.69. The van der Waals surface area contributed by atoms with E-state index in [9.17, 15) is 4.79 Å². The summed E-state index contributed by atoms with van der Waals surface area (Å²) in [6, 6.07) is 3.90. The van der Waals surface area contributed by atoms with Gasteiger partial charge in [0.05, 0.1) is 0 Å². The Labute approximate surface area is 118 Å². The number of imidazole rings is 1. The smallest absolute Gasteiger partial charge is 0.223 e. The molecular formula is C15H18N4O. The van der Waals surface area contributed by atoms with E-state index in [0.717, 1.165) is 23.6 Å². The molecule has 2 heterocycles. The molecule has 2 aromatic rings. The average Bonchev–Trinajstić information content (AvgIpc) is 3.02. The second-order valence-electron chi connectivity index (χ2n) is 5.40. The summed E-state index contributed by atoms with van der Waals surface area (Å²) in [4.78, 5) is 20.3. The van der Waals surface area contributed by atoms with Crippen molar-refractivity contribution in [1.29, 1.82) is 0 Å². The standard InChI is InChI=1S/C15H18N4O/c1-10-7-13(10)15(20)18-9-12-3-4-17-14(8-12)19-6-5-16-11(19)2/h3-6,8,10,13H,7,9H2,1-2H3,(H,18,20). The summed E-state index contributed by atoms with van der Waals surface area (Å²) >= 11 is 0. The number of carbonyl (C=O) groups is 1. The number of hydrogen-bond acceptors (Lipinski definition) is 3. The predicted molar refractivity (Wildman–Crippen MR) is 75.2 cm³/mol. The van der Waals surface area contributed by atoms with Crippen molar-refractivity contribution in [2.45, 2.75) is 26.8 Å². The third-order valence-electron chi connectivity index (χ3n) is 3.80. The Kier molecular flexibility index (Phi) is 3.26. The second-order valence-corrected chi connectivity index (χ2v) is 5.40. The van der Waals surface area contributed by atoms with Crippen LogP contribution in [-0.4, -0.2) is 20.4 Å². The molecule has 0 saturated heterocycles. The summed E-state index contributed by atoms with van der Waals surface area (Å²) in [6.45, 7) is 4.59. The van der Waals surface area contributed by atoms with Gasteiger partial charge in [0, 0.05) is 31.1 Å². The van der Waals surface area contributed by atoms with Crippen molar-refractivity contribution in [3.8, 4) is 5.82 Å². The zero-order valence-corrected chi connectivity index (χ0v) is 11.7. The van der Waals surface area contributed by atoms with Gasteiger partial charge >= 0.3 is 0 Å². The SMILES string of the molecule is Cc1nccn1-c1cc(CNC(=O)C2CC2C)ccn1. The highest BCUT2D eigenvalue weighted by Gasteiger charge is 2.38. The van der Waals surface area contributed by atoms with E-state index in [1.54, 1.807) is 12.4 Å². The number of hydrogen-bond donors (Lipinski definition) is 1. The van der Waals surface area contributed by atoms with Crippen LogP contribution in [0.1, 0.15) is 24.7 Å². The van der Waals surface area contributed by atoms with Crippen LogP contribution < -0.4 is 5.32 Å². The molecule has 5 nitrogen and oxygen atoms in total. The first-order valence-corrected chi connectivity index (χ1v) is 6.88. The molecule has 1 N–H and O–H groups in total. The van der Waals surface area contributed by atoms with Crippen molar-refractivity contribution in [3.05, 3.63) is 42.1 Å². The Morgan fingerprint density at radius 3 is 2.90 bits per heavy atom. The molecule has 1 amide bonds. The summed E-state index contributed by atoms with van der Waals surface area (Å²) in [5.74, 6) is 2.63. The van der Waals surface area contributed by atoms with Crippen LogP contribution in [0.25, 0.3) is 5.82 Å². The van der Waals surface area contributed by atoms with Crippen LogP contribution >= 0.6 is 0 Å². The summed E-state index contributed by atoms with van der Waals surface area (Å²) in [5, 5.41) is 2.99. The topological polar surface area (TPSA) is 59.8 Å². The number of nitrogens with zero attached hydrogens (tertiary/aromatic N) is 3. The Hall–Kier alpha value is -2.17. The zero-order valence-electron chi connectivity index (χ0n) is 11.7. The fraction of sp³-hybridized carbons (Fsp3) is 0.400. The molecule has 0 radical (unpaired) electrons. The molecule has 5 heteroatoms. The highest BCUT2D eigenvalue weighted by molar-refractivity contribution is 5.81. The van der Waals surface area contributed by atoms with E-state index in [1.807, 2.05) is 29.8 Å². The number of pyridine rings is 1. The molecule has 104 valence electrons. The van der Waals surface area contributed by atoms with E-state index in [1.165, 1.54) is 0 Å². The van der Waals surface area contributed by atoms with E-state index in [4.69, 9.17) is 0 Å². The molecule has 2 unspecified atom stereocenters. The molecule has 1 fully saturated rings. The van der Waals surface area contributed by atoms with Crippen molar-refractivity contribution < 1.29 is 4.79 Å². The minimum atomic E-state index is 0.162. The van der Waals surface area contributed by atoms with E-state index in [0.29, 0.717) is 12.5 Å². The van der Waals surface area contributed by atoms with Gasteiger partial charge in [-0.15, -0.1) is 0 Å². The number of aromatic nitrogens is 3. The van der Waals surface area contributed by atoms with Crippen molar-refractivity contribution in [2.24, 2.45) is 11.8 Å². The van der Waals surface area contributed by atoms with Crippen LogP contribution in [0.4, 0.5) is 0 Å². The normalized spacial score (nSPS) is 20.7. The average molecular weight is 270 g/mol. The van der Waals surface area contributed by atoms with E-state index < -0.39 is 0 Å². The van der Waals surface area contributed by atoms with Gasteiger partial charge in [-0.2, -0.15) is 0 Å². The lowest BCUT2D eigenvalue weighted by molar-refractivity contribution is -0.122. The molecule has 1 aliphatic carbocycles. The molecule has 0 aromatic carbocycles. The summed E-state index contributed by atoms with van der Waals surface area (Å²) in [7, 11) is 0. The molecule has 3 rings (SSSR count). The maximum atomic E-state index is 11.8. The minimum absolute atomic E-state index is 0.162. The van der Waals surface area contributed by atoms with Crippen molar-refractivity contribution in [2.75, 3.05) is 0 Å². The Morgan fingerprint density at radius 2 is 2.25 bits per heavy atom. The fourth-order valence-corrected chi connectivity index (χ4v) is 2.33. The van der Waals surface area contributed by atoms with Gasteiger partial charge in [0.25, 0.3) is 0 Å². The lowest BCUT2D eigenvalue weighted by atomic mass is 10.2. The number of aryl methyl sites for hydroxylation is 1. The summed E-state index contributed by atoms with van der Waals surface area (Å²) in [5.41, 5.74) is 1.05. The maximum absolute atomic E-state index is 11.8. The van der Waals surface area contributed by atoms with Crippen LogP contribution in [0.15, 0.2) is 30.7 Å². The van der Waals surface area contributed by atoms with Crippen LogP contribution in [0.5, 0.6) is 0 Å². The highest BCUT2D eigenvalue weighted by Crippen LogP contribution is 2.37. The van der Waals surface area contributed by atoms with E-state index in [-0.39, 0.29) is 11.8 Å². The van der Waals surface area contributed by atoms with E-state index >= 15 is 0 Å². The first kappa shape index (κ1) is 12.8. The van der Waals surface area contributed by atoms with Gasteiger partial charge in [0.2, 0.25) is 5.91 Å². The van der Waals surface area contributed by atoms with Gasteiger partial charge in [0.1, 0.15) is 11.6 Å². The third-order valence-corrected chi connectivity index (χ3v) is 3.80. The van der Waals surface area contributed by atoms with Gasteiger partial charge in [-0.1, -0.05) is 6.92 Å². The quantitative estimate of drug-likeness (QED) is 0.922. The molecule has 0 aliphatic heterocycles. The van der Waals surface area contributed by atoms with Crippen LogP contribution in [0, 0.1) is 18.8 Å². The third kappa shape index (κ3) is 2.57.